The molecule has 3 heterocycles. The molecule has 2 saturated heterocycles. The summed E-state index contributed by atoms with van der Waals surface area (Å²) in [5.41, 5.74) is -0.281. The van der Waals surface area contributed by atoms with Crippen molar-refractivity contribution < 1.29 is 19.3 Å². The Morgan fingerprint density at radius 1 is 1.32 bits per heavy atom. The molecule has 19 heavy (non-hydrogen) atoms. The van der Waals surface area contributed by atoms with Gasteiger partial charge in [-0.2, -0.15) is 0 Å². The van der Waals surface area contributed by atoms with Gasteiger partial charge in [0.05, 0.1) is 32.0 Å². The van der Waals surface area contributed by atoms with Gasteiger partial charge < -0.3 is 19.3 Å². The van der Waals surface area contributed by atoms with E-state index in [9.17, 15) is 5.11 Å². The lowest BCUT2D eigenvalue weighted by Gasteiger charge is -2.37. The molecule has 0 radical (unpaired) electrons. The second kappa shape index (κ2) is 5.36. The van der Waals surface area contributed by atoms with Gasteiger partial charge in [-0.1, -0.05) is 0 Å². The molecule has 1 N–H and O–H groups in total. The van der Waals surface area contributed by atoms with Gasteiger partial charge >= 0.3 is 0 Å². The SMILES string of the molecule is OC1(c2cc(Br)cnc2OC2CCOCC2)COC1. The van der Waals surface area contributed by atoms with Crippen molar-refractivity contribution in [1.82, 2.24) is 4.98 Å². The summed E-state index contributed by atoms with van der Waals surface area (Å²) in [6, 6.07) is 1.85. The highest BCUT2D eigenvalue weighted by Crippen LogP contribution is 2.36. The molecule has 2 aliphatic heterocycles. The van der Waals surface area contributed by atoms with Crippen LogP contribution in [0.15, 0.2) is 16.7 Å². The van der Waals surface area contributed by atoms with Gasteiger partial charge in [0.15, 0.2) is 0 Å². The number of rotatable bonds is 3. The van der Waals surface area contributed by atoms with E-state index in [2.05, 4.69) is 20.9 Å². The first kappa shape index (κ1) is 13.3. The van der Waals surface area contributed by atoms with E-state index in [0.29, 0.717) is 24.7 Å². The second-order valence-corrected chi connectivity index (χ2v) is 5.88. The van der Waals surface area contributed by atoms with Gasteiger partial charge in [-0.3, -0.25) is 0 Å². The van der Waals surface area contributed by atoms with Crippen molar-refractivity contribution in [2.24, 2.45) is 0 Å². The maximum Gasteiger partial charge on any atom is 0.219 e. The standard InChI is InChI=1S/C13H16BrNO4/c14-9-5-11(13(16)7-18-8-13)12(15-6-9)19-10-1-3-17-4-2-10/h5-6,10,16H,1-4,7-8H2. The maximum absolute atomic E-state index is 10.4. The molecule has 0 aliphatic carbocycles. The Balaban J connectivity index is 1.83. The number of pyridine rings is 1. The lowest BCUT2D eigenvalue weighted by Crippen LogP contribution is -2.47. The zero-order valence-corrected chi connectivity index (χ0v) is 12.1. The molecule has 2 fully saturated rings. The zero-order valence-electron chi connectivity index (χ0n) is 10.5. The van der Waals surface area contributed by atoms with E-state index >= 15 is 0 Å². The van der Waals surface area contributed by atoms with Crippen LogP contribution < -0.4 is 4.74 Å². The molecule has 0 unspecified atom stereocenters. The third-order valence-corrected chi connectivity index (χ3v) is 3.88. The molecule has 0 bridgehead atoms. The van der Waals surface area contributed by atoms with E-state index < -0.39 is 5.60 Å². The Hall–Kier alpha value is -0.690. The minimum absolute atomic E-state index is 0.103. The van der Waals surface area contributed by atoms with E-state index in [-0.39, 0.29) is 19.3 Å². The van der Waals surface area contributed by atoms with Crippen molar-refractivity contribution in [2.45, 2.75) is 24.5 Å². The van der Waals surface area contributed by atoms with Crippen LogP contribution in [0, 0.1) is 0 Å². The van der Waals surface area contributed by atoms with E-state index in [0.717, 1.165) is 17.3 Å². The van der Waals surface area contributed by atoms with Gasteiger partial charge in [-0.05, 0) is 22.0 Å². The first-order valence-electron chi connectivity index (χ1n) is 6.38. The van der Waals surface area contributed by atoms with Crippen molar-refractivity contribution in [3.8, 4) is 5.88 Å². The van der Waals surface area contributed by atoms with Gasteiger partial charge in [0, 0.05) is 23.5 Å². The Kier molecular flexibility index (Phi) is 3.75. The minimum Gasteiger partial charge on any atom is -0.474 e. The summed E-state index contributed by atoms with van der Waals surface area (Å²) in [5, 5.41) is 10.4. The number of aliphatic hydroxyl groups is 1. The number of hydrogen-bond donors (Lipinski definition) is 1. The molecule has 0 saturated carbocycles. The summed E-state index contributed by atoms with van der Waals surface area (Å²) in [5.74, 6) is 0.501. The van der Waals surface area contributed by atoms with Gasteiger partial charge in [0.2, 0.25) is 5.88 Å². The Labute approximate surface area is 120 Å². The van der Waals surface area contributed by atoms with Gasteiger partial charge in [-0.15, -0.1) is 0 Å². The van der Waals surface area contributed by atoms with Crippen LogP contribution in [0.25, 0.3) is 0 Å². The Morgan fingerprint density at radius 3 is 2.68 bits per heavy atom. The molecular formula is C13H16BrNO4. The number of halogens is 1. The smallest absolute Gasteiger partial charge is 0.219 e. The van der Waals surface area contributed by atoms with Crippen LogP contribution in [0.2, 0.25) is 0 Å². The molecule has 2 aliphatic rings. The van der Waals surface area contributed by atoms with Crippen LogP contribution in [0.4, 0.5) is 0 Å². The van der Waals surface area contributed by atoms with Crippen molar-refractivity contribution in [3.05, 3.63) is 22.3 Å². The number of ether oxygens (including phenoxy) is 3. The predicted octanol–water partition coefficient (Wildman–Crippen LogP) is 1.62. The first-order chi connectivity index (χ1) is 9.17. The summed E-state index contributed by atoms with van der Waals surface area (Å²) in [4.78, 5) is 4.29. The molecule has 0 atom stereocenters. The number of aromatic nitrogens is 1. The van der Waals surface area contributed by atoms with Crippen molar-refractivity contribution in [3.63, 3.8) is 0 Å². The van der Waals surface area contributed by atoms with Crippen LogP contribution in [0.5, 0.6) is 5.88 Å². The van der Waals surface area contributed by atoms with Crippen LogP contribution in [0.3, 0.4) is 0 Å². The number of hydrogen-bond acceptors (Lipinski definition) is 5. The lowest BCUT2D eigenvalue weighted by molar-refractivity contribution is -0.186. The molecule has 1 aromatic heterocycles. The topological polar surface area (TPSA) is 60.8 Å². The third kappa shape index (κ3) is 2.76. The third-order valence-electron chi connectivity index (χ3n) is 3.45. The summed E-state index contributed by atoms with van der Waals surface area (Å²) >= 11 is 3.38. The molecule has 104 valence electrons. The normalized spacial score (nSPS) is 22.8. The quantitative estimate of drug-likeness (QED) is 0.913. The van der Waals surface area contributed by atoms with Crippen molar-refractivity contribution >= 4 is 15.9 Å². The molecule has 6 heteroatoms. The van der Waals surface area contributed by atoms with Gasteiger partial charge in [-0.25, -0.2) is 4.98 Å². The average molecular weight is 330 g/mol. The van der Waals surface area contributed by atoms with E-state index in [1.54, 1.807) is 6.20 Å². The fraction of sp³-hybridized carbons (Fsp3) is 0.615. The largest absolute Gasteiger partial charge is 0.474 e. The molecular weight excluding hydrogens is 314 g/mol. The average Bonchev–Trinajstić information content (AvgIpc) is 2.39. The fourth-order valence-corrected chi connectivity index (χ4v) is 2.59. The first-order valence-corrected chi connectivity index (χ1v) is 7.17. The highest BCUT2D eigenvalue weighted by Gasteiger charge is 2.41. The Bertz CT molecular complexity index is 458. The fourth-order valence-electron chi connectivity index (χ4n) is 2.26. The highest BCUT2D eigenvalue weighted by molar-refractivity contribution is 9.10. The molecule has 0 amide bonds. The molecule has 1 aromatic rings. The highest BCUT2D eigenvalue weighted by atomic mass is 79.9. The lowest BCUT2D eigenvalue weighted by atomic mass is 9.93. The monoisotopic (exact) mass is 329 g/mol. The van der Waals surface area contributed by atoms with Crippen molar-refractivity contribution in [1.29, 1.82) is 0 Å². The van der Waals surface area contributed by atoms with Crippen molar-refractivity contribution in [2.75, 3.05) is 26.4 Å². The van der Waals surface area contributed by atoms with Crippen LogP contribution in [0.1, 0.15) is 18.4 Å². The van der Waals surface area contributed by atoms with E-state index in [1.807, 2.05) is 6.07 Å². The number of nitrogens with zero attached hydrogens (tertiary/aromatic N) is 1. The Morgan fingerprint density at radius 2 is 2.05 bits per heavy atom. The van der Waals surface area contributed by atoms with E-state index in [4.69, 9.17) is 14.2 Å². The summed E-state index contributed by atoms with van der Waals surface area (Å²) < 4.78 is 17.2. The van der Waals surface area contributed by atoms with Crippen LogP contribution in [-0.2, 0) is 15.1 Å². The molecule has 0 aromatic carbocycles. The summed E-state index contributed by atoms with van der Waals surface area (Å²) in [6.07, 6.45) is 3.49. The minimum atomic E-state index is -0.975. The maximum atomic E-state index is 10.4. The zero-order chi connectivity index (χ0) is 13.3. The van der Waals surface area contributed by atoms with Gasteiger partial charge in [0.25, 0.3) is 0 Å². The van der Waals surface area contributed by atoms with E-state index in [1.165, 1.54) is 0 Å². The molecule has 3 rings (SSSR count). The van der Waals surface area contributed by atoms with Crippen LogP contribution in [-0.4, -0.2) is 42.6 Å². The summed E-state index contributed by atoms with van der Waals surface area (Å²) in [7, 11) is 0. The second-order valence-electron chi connectivity index (χ2n) is 4.96. The van der Waals surface area contributed by atoms with Gasteiger partial charge in [0.1, 0.15) is 11.7 Å². The predicted molar refractivity (Wildman–Crippen MR) is 71.1 cm³/mol. The summed E-state index contributed by atoms with van der Waals surface area (Å²) in [6.45, 7) is 2.00. The van der Waals surface area contributed by atoms with Crippen LogP contribution >= 0.6 is 15.9 Å². The molecule has 0 spiro atoms. The molecule has 5 nitrogen and oxygen atoms in total.